The molecular formula is C23H16N2O2S. The summed E-state index contributed by atoms with van der Waals surface area (Å²) >= 11 is 1.38. The van der Waals surface area contributed by atoms with E-state index >= 15 is 0 Å². The lowest BCUT2D eigenvalue weighted by Crippen LogP contribution is -2.21. The number of para-hydroxylation sites is 1. The summed E-state index contributed by atoms with van der Waals surface area (Å²) in [6, 6.07) is 23.9. The molecule has 1 amide bonds. The third kappa shape index (κ3) is 2.63. The molecular weight excluding hydrogens is 368 g/mol. The average Bonchev–Trinajstić information content (AvgIpc) is 3.09. The molecule has 5 heteroatoms. The maximum Gasteiger partial charge on any atom is 0.264 e. The normalized spacial score (nSPS) is 18.8. The summed E-state index contributed by atoms with van der Waals surface area (Å²) in [5, 5.41) is 3.48. The van der Waals surface area contributed by atoms with E-state index in [4.69, 9.17) is 4.74 Å². The van der Waals surface area contributed by atoms with E-state index in [1.54, 1.807) is 7.11 Å². The highest BCUT2D eigenvalue weighted by Gasteiger charge is 2.38. The van der Waals surface area contributed by atoms with E-state index < -0.39 is 0 Å². The molecule has 0 atom stereocenters. The Balaban J connectivity index is 1.59. The molecule has 1 N–H and O–H groups in total. The summed E-state index contributed by atoms with van der Waals surface area (Å²) in [6.07, 6.45) is 0. The Kier molecular flexibility index (Phi) is 4.02. The van der Waals surface area contributed by atoms with Crippen LogP contribution < -0.4 is 10.1 Å². The molecule has 0 spiro atoms. The molecule has 0 aromatic heterocycles. The molecule has 2 bridgehead atoms. The number of benzene rings is 3. The zero-order valence-electron chi connectivity index (χ0n) is 15.1. The number of amidine groups is 1. The number of thioether (sulfide) groups is 1. The fraction of sp³-hybridized carbons (Fsp3) is 0.0435. The van der Waals surface area contributed by atoms with Gasteiger partial charge in [0.15, 0.2) is 5.17 Å². The van der Waals surface area contributed by atoms with Crippen LogP contribution in [-0.4, -0.2) is 18.2 Å². The number of hydrogen-bond donors (Lipinski definition) is 1. The molecule has 0 unspecified atom stereocenters. The number of rotatable bonds is 3. The molecule has 0 saturated carbocycles. The van der Waals surface area contributed by atoms with Gasteiger partial charge in [0.25, 0.3) is 5.91 Å². The minimum Gasteiger partial charge on any atom is -0.495 e. The van der Waals surface area contributed by atoms with Crippen LogP contribution in [0.15, 0.2) is 82.7 Å². The lowest BCUT2D eigenvalue weighted by Gasteiger charge is -2.29. The molecule has 4 nitrogen and oxygen atoms in total. The summed E-state index contributed by atoms with van der Waals surface area (Å²) in [7, 11) is 1.67. The summed E-state index contributed by atoms with van der Waals surface area (Å²) in [4.78, 5) is 17.9. The molecule has 5 rings (SSSR count). The predicted molar refractivity (Wildman–Crippen MR) is 114 cm³/mol. The van der Waals surface area contributed by atoms with Crippen LogP contribution in [0.4, 0.5) is 5.69 Å². The summed E-state index contributed by atoms with van der Waals surface area (Å²) in [5.41, 5.74) is 5.88. The van der Waals surface area contributed by atoms with Crippen molar-refractivity contribution in [3.05, 3.63) is 88.8 Å². The molecule has 1 heterocycles. The number of carbonyl (C=O) groups excluding carboxylic acids is 1. The number of methoxy groups -OCH3 is 1. The quantitative estimate of drug-likeness (QED) is 0.507. The van der Waals surface area contributed by atoms with Crippen molar-refractivity contribution in [1.82, 2.24) is 5.32 Å². The van der Waals surface area contributed by atoms with E-state index in [0.717, 1.165) is 39.3 Å². The Morgan fingerprint density at radius 3 is 2.29 bits per heavy atom. The van der Waals surface area contributed by atoms with Crippen LogP contribution in [0.2, 0.25) is 0 Å². The lowest BCUT2D eigenvalue weighted by molar-refractivity contribution is -0.115. The molecule has 0 radical (unpaired) electrons. The summed E-state index contributed by atoms with van der Waals surface area (Å²) < 4.78 is 5.62. The van der Waals surface area contributed by atoms with Crippen molar-refractivity contribution in [3.8, 4) is 16.9 Å². The Labute approximate surface area is 167 Å². The van der Waals surface area contributed by atoms with E-state index in [1.165, 1.54) is 11.8 Å². The van der Waals surface area contributed by atoms with Gasteiger partial charge in [-0.15, -0.1) is 0 Å². The van der Waals surface area contributed by atoms with Crippen molar-refractivity contribution in [2.75, 3.05) is 7.11 Å². The Morgan fingerprint density at radius 1 is 0.893 bits per heavy atom. The first kappa shape index (κ1) is 16.8. The number of fused-ring (bicyclic) bond motifs is 2. The van der Waals surface area contributed by atoms with Gasteiger partial charge in [-0.2, -0.15) is 0 Å². The number of ether oxygens (including phenoxy) is 1. The monoisotopic (exact) mass is 384 g/mol. The molecule has 1 fully saturated rings. The van der Waals surface area contributed by atoms with Crippen molar-refractivity contribution >= 4 is 34.1 Å². The third-order valence-corrected chi connectivity index (χ3v) is 5.79. The van der Waals surface area contributed by atoms with Crippen molar-refractivity contribution in [2.24, 2.45) is 4.99 Å². The number of aliphatic imine (C=N–C) groups is 1. The fourth-order valence-corrected chi connectivity index (χ4v) is 4.51. The Hall–Kier alpha value is -3.31. The van der Waals surface area contributed by atoms with Gasteiger partial charge in [-0.05, 0) is 41.1 Å². The van der Waals surface area contributed by atoms with Crippen LogP contribution in [0.3, 0.4) is 0 Å². The van der Waals surface area contributed by atoms with E-state index in [9.17, 15) is 4.79 Å². The second kappa shape index (κ2) is 6.69. The topological polar surface area (TPSA) is 50.7 Å². The predicted octanol–water partition coefficient (Wildman–Crippen LogP) is 4.99. The second-order valence-electron chi connectivity index (χ2n) is 6.45. The minimum absolute atomic E-state index is 0.123. The van der Waals surface area contributed by atoms with Crippen LogP contribution in [0.1, 0.15) is 11.1 Å². The van der Waals surface area contributed by atoms with Crippen molar-refractivity contribution in [3.63, 3.8) is 0 Å². The molecule has 136 valence electrons. The van der Waals surface area contributed by atoms with Crippen LogP contribution >= 0.6 is 11.8 Å². The van der Waals surface area contributed by atoms with Crippen LogP contribution in [-0.2, 0) is 4.79 Å². The van der Waals surface area contributed by atoms with E-state index in [0.29, 0.717) is 10.1 Å². The van der Waals surface area contributed by atoms with Crippen LogP contribution in [0.25, 0.3) is 16.7 Å². The van der Waals surface area contributed by atoms with E-state index in [-0.39, 0.29) is 5.91 Å². The molecule has 1 aliphatic heterocycles. The zero-order chi connectivity index (χ0) is 19.1. The van der Waals surface area contributed by atoms with Gasteiger partial charge in [0.05, 0.1) is 17.7 Å². The highest BCUT2D eigenvalue weighted by Crippen LogP contribution is 2.55. The van der Waals surface area contributed by atoms with Crippen molar-refractivity contribution < 1.29 is 9.53 Å². The molecule has 1 saturated heterocycles. The molecule has 2 aliphatic rings. The van der Waals surface area contributed by atoms with Gasteiger partial charge in [-0.25, -0.2) is 4.99 Å². The largest absolute Gasteiger partial charge is 0.495 e. The molecule has 1 aliphatic carbocycles. The Bertz CT molecular complexity index is 1150. The van der Waals surface area contributed by atoms with Gasteiger partial charge in [0, 0.05) is 16.7 Å². The number of carbonyl (C=O) groups is 1. The highest BCUT2D eigenvalue weighted by molar-refractivity contribution is 8.18. The van der Waals surface area contributed by atoms with Crippen molar-refractivity contribution in [2.45, 2.75) is 0 Å². The van der Waals surface area contributed by atoms with Crippen molar-refractivity contribution in [1.29, 1.82) is 0 Å². The molecule has 3 aromatic rings. The van der Waals surface area contributed by atoms with E-state index in [1.807, 2.05) is 54.6 Å². The SMILES string of the molecule is COc1c2ccc(-c3ccccc3)c1/C2=C1\SC(=Nc2ccccc2)NC1=O. The first-order valence-electron chi connectivity index (χ1n) is 8.90. The van der Waals surface area contributed by atoms with Gasteiger partial charge in [-0.3, -0.25) is 4.79 Å². The number of nitrogens with one attached hydrogen (secondary N) is 1. The number of amides is 1. The Morgan fingerprint density at radius 2 is 1.57 bits per heavy atom. The fourth-order valence-electron chi connectivity index (χ4n) is 3.56. The maximum absolute atomic E-state index is 12.7. The minimum atomic E-state index is -0.123. The highest BCUT2D eigenvalue weighted by atomic mass is 32.2. The standard InChI is InChI=1S/C23H16N2O2S/c1-27-20-17-13-12-16(14-8-4-2-5-9-14)18(20)19(17)21-22(26)25-23(28-21)24-15-10-6-3-7-11-15/h2-13H,1H3,(H,24,25,26)/b21-19-. The second-order valence-corrected chi connectivity index (χ2v) is 7.45. The van der Waals surface area contributed by atoms with Gasteiger partial charge in [0.2, 0.25) is 0 Å². The maximum atomic E-state index is 12.7. The summed E-state index contributed by atoms with van der Waals surface area (Å²) in [5.74, 6) is 0.716. The van der Waals surface area contributed by atoms with Gasteiger partial charge < -0.3 is 10.1 Å². The van der Waals surface area contributed by atoms with Gasteiger partial charge >= 0.3 is 0 Å². The first-order valence-corrected chi connectivity index (χ1v) is 9.72. The zero-order valence-corrected chi connectivity index (χ0v) is 15.9. The van der Waals surface area contributed by atoms with Crippen LogP contribution in [0, 0.1) is 0 Å². The van der Waals surface area contributed by atoms with E-state index in [2.05, 4.69) is 28.5 Å². The number of nitrogens with zero attached hydrogens (tertiary/aromatic N) is 1. The molecule has 3 aromatic carbocycles. The van der Waals surface area contributed by atoms with Crippen LogP contribution in [0.5, 0.6) is 5.75 Å². The smallest absolute Gasteiger partial charge is 0.264 e. The van der Waals surface area contributed by atoms with Gasteiger partial charge in [-0.1, -0.05) is 54.6 Å². The first-order chi connectivity index (χ1) is 13.8. The summed E-state index contributed by atoms with van der Waals surface area (Å²) in [6.45, 7) is 0. The molecule has 28 heavy (non-hydrogen) atoms. The number of hydrogen-bond acceptors (Lipinski definition) is 4. The third-order valence-electron chi connectivity index (χ3n) is 4.81. The lowest BCUT2D eigenvalue weighted by atomic mass is 9.78. The average molecular weight is 384 g/mol. The van der Waals surface area contributed by atoms with Gasteiger partial charge in [0.1, 0.15) is 5.75 Å².